The minimum atomic E-state index is -4.59. The smallest absolute Gasteiger partial charge is 0.371 e. The molecule has 0 unspecified atom stereocenters. The summed E-state index contributed by atoms with van der Waals surface area (Å²) in [5, 5.41) is 0. The van der Waals surface area contributed by atoms with E-state index in [1.54, 1.807) is 0 Å². The first-order valence-corrected chi connectivity index (χ1v) is 4.94. The Morgan fingerprint density at radius 3 is 1.80 bits per heavy atom. The molecule has 0 atom stereocenters. The van der Waals surface area contributed by atoms with Gasteiger partial charge in [0.1, 0.15) is 0 Å². The van der Waals surface area contributed by atoms with E-state index in [2.05, 4.69) is 4.74 Å². The third-order valence-electron chi connectivity index (χ3n) is 2.42. The summed E-state index contributed by atoms with van der Waals surface area (Å²) >= 11 is 0. The fourth-order valence-electron chi connectivity index (χ4n) is 1.22. The molecule has 0 aromatic carbocycles. The van der Waals surface area contributed by atoms with Crippen molar-refractivity contribution in [1.29, 1.82) is 0 Å². The van der Waals surface area contributed by atoms with E-state index in [1.807, 2.05) is 13.8 Å². The first kappa shape index (κ1) is 14.7. The van der Waals surface area contributed by atoms with Gasteiger partial charge in [-0.1, -0.05) is 13.8 Å². The predicted molar refractivity (Wildman–Crippen MR) is 50.3 cm³/mol. The van der Waals surface area contributed by atoms with Crippen LogP contribution in [0.1, 0.15) is 26.7 Å². The molecule has 0 bridgehead atoms. The highest BCUT2D eigenvalue weighted by atomic mass is 19.4. The molecule has 0 aliphatic rings. The molecule has 3 nitrogen and oxygen atoms in total. The fourth-order valence-corrected chi connectivity index (χ4v) is 1.22. The normalized spacial score (nSPS) is 13.2. The number of rotatable bonds is 7. The zero-order valence-electron chi connectivity index (χ0n) is 9.06. The highest BCUT2D eigenvalue weighted by molar-refractivity contribution is 4.78. The Balaban J connectivity index is 3.82. The van der Waals surface area contributed by atoms with Gasteiger partial charge in [-0.25, -0.2) is 0 Å². The zero-order chi connectivity index (χ0) is 11.9. The number of ether oxygens (including phenoxy) is 2. The van der Waals surface area contributed by atoms with E-state index in [4.69, 9.17) is 10.5 Å². The molecule has 0 radical (unpaired) electrons. The number of hydrogen-bond acceptors (Lipinski definition) is 3. The molecule has 0 aromatic heterocycles. The highest BCUT2D eigenvalue weighted by Crippen LogP contribution is 2.20. The van der Waals surface area contributed by atoms with Gasteiger partial charge in [0.2, 0.25) is 0 Å². The Morgan fingerprint density at radius 2 is 1.47 bits per heavy atom. The van der Waals surface area contributed by atoms with Gasteiger partial charge in [0, 0.05) is 6.54 Å². The van der Waals surface area contributed by atoms with E-state index in [9.17, 15) is 13.2 Å². The number of alkyl halides is 3. The van der Waals surface area contributed by atoms with Gasteiger partial charge in [-0.15, -0.1) is 13.2 Å². The van der Waals surface area contributed by atoms with Crippen molar-refractivity contribution in [1.82, 2.24) is 0 Å². The molecule has 0 rings (SSSR count). The molecule has 2 N–H and O–H groups in total. The molecule has 6 heteroatoms. The van der Waals surface area contributed by atoms with Gasteiger partial charge in [0.25, 0.3) is 0 Å². The number of hydrogen-bond donors (Lipinski definition) is 1. The van der Waals surface area contributed by atoms with Crippen LogP contribution in [-0.2, 0) is 9.47 Å². The van der Waals surface area contributed by atoms with Crippen LogP contribution in [0.3, 0.4) is 0 Å². The van der Waals surface area contributed by atoms with Crippen LogP contribution in [0.15, 0.2) is 0 Å². The molecule has 15 heavy (non-hydrogen) atoms. The van der Waals surface area contributed by atoms with Gasteiger partial charge >= 0.3 is 6.36 Å². The first-order chi connectivity index (χ1) is 6.89. The Hall–Kier alpha value is -0.330. The molecule has 0 fully saturated rings. The van der Waals surface area contributed by atoms with Gasteiger partial charge in [0.15, 0.2) is 0 Å². The molecule has 0 heterocycles. The molecular formula is C9H18F3NO2. The molecule has 0 aliphatic carbocycles. The second-order valence-corrected chi connectivity index (χ2v) is 3.24. The Morgan fingerprint density at radius 1 is 1.00 bits per heavy atom. The molecule has 0 aromatic rings. The van der Waals surface area contributed by atoms with Gasteiger partial charge < -0.3 is 10.5 Å². The summed E-state index contributed by atoms with van der Waals surface area (Å²) in [5.41, 5.74) is 4.99. The van der Waals surface area contributed by atoms with Crippen molar-refractivity contribution in [2.45, 2.75) is 38.7 Å². The fraction of sp³-hybridized carbons (Fsp3) is 1.00. The summed E-state index contributed by atoms with van der Waals surface area (Å²) < 4.78 is 43.8. The van der Waals surface area contributed by atoms with Gasteiger partial charge in [-0.2, -0.15) is 0 Å². The van der Waals surface area contributed by atoms with E-state index in [1.165, 1.54) is 0 Å². The second-order valence-electron chi connectivity index (χ2n) is 3.24. The maximum absolute atomic E-state index is 11.6. The van der Waals surface area contributed by atoms with Crippen molar-refractivity contribution in [3.63, 3.8) is 0 Å². The standard InChI is InChI=1S/C9H18F3NO2/c1-3-8(4-2,7-13)14-5-6-15-9(10,11)12/h3-7,13H2,1-2H3. The van der Waals surface area contributed by atoms with E-state index in [0.29, 0.717) is 19.4 Å². The van der Waals surface area contributed by atoms with Gasteiger partial charge in [0.05, 0.1) is 18.8 Å². The third-order valence-corrected chi connectivity index (χ3v) is 2.42. The molecule has 92 valence electrons. The lowest BCUT2D eigenvalue weighted by atomic mass is 9.97. The Labute approximate surface area is 87.7 Å². The minimum absolute atomic E-state index is 0.0988. The first-order valence-electron chi connectivity index (χ1n) is 4.94. The summed E-state index contributed by atoms with van der Waals surface area (Å²) in [5.74, 6) is 0. The number of halogens is 3. The second kappa shape index (κ2) is 6.30. The predicted octanol–water partition coefficient (Wildman–Crippen LogP) is 2.06. The summed E-state index contributed by atoms with van der Waals surface area (Å²) in [6.45, 7) is 3.48. The van der Waals surface area contributed by atoms with E-state index < -0.39 is 18.6 Å². The molecule has 0 amide bonds. The molecule has 0 aliphatic heterocycles. The van der Waals surface area contributed by atoms with Crippen LogP contribution in [0, 0.1) is 0 Å². The summed E-state index contributed by atoms with van der Waals surface area (Å²) in [7, 11) is 0. The summed E-state index contributed by atoms with van der Waals surface area (Å²) in [6, 6.07) is 0. The van der Waals surface area contributed by atoms with Crippen molar-refractivity contribution in [2.75, 3.05) is 19.8 Å². The van der Waals surface area contributed by atoms with Crippen LogP contribution >= 0.6 is 0 Å². The van der Waals surface area contributed by atoms with Crippen LogP contribution in [0.25, 0.3) is 0 Å². The SMILES string of the molecule is CCC(CC)(CN)OCCOC(F)(F)F. The lowest BCUT2D eigenvalue weighted by Crippen LogP contribution is -2.40. The molecular weight excluding hydrogens is 211 g/mol. The average molecular weight is 229 g/mol. The van der Waals surface area contributed by atoms with Crippen LogP contribution in [-0.4, -0.2) is 31.7 Å². The minimum Gasteiger partial charge on any atom is -0.371 e. The lowest BCUT2D eigenvalue weighted by Gasteiger charge is -2.30. The highest BCUT2D eigenvalue weighted by Gasteiger charge is 2.30. The molecule has 0 saturated carbocycles. The molecule has 0 spiro atoms. The van der Waals surface area contributed by atoms with E-state index in [0.717, 1.165) is 0 Å². The van der Waals surface area contributed by atoms with Gasteiger partial charge in [-0.05, 0) is 12.8 Å². The largest absolute Gasteiger partial charge is 0.522 e. The third kappa shape index (κ3) is 5.96. The average Bonchev–Trinajstić information content (AvgIpc) is 2.18. The Kier molecular flexibility index (Phi) is 6.16. The van der Waals surface area contributed by atoms with Crippen molar-refractivity contribution in [3.05, 3.63) is 0 Å². The van der Waals surface area contributed by atoms with Gasteiger partial charge in [-0.3, -0.25) is 4.74 Å². The summed E-state index contributed by atoms with van der Waals surface area (Å²) in [6.07, 6.45) is -3.24. The van der Waals surface area contributed by atoms with Crippen LogP contribution in [0.4, 0.5) is 13.2 Å². The maximum Gasteiger partial charge on any atom is 0.522 e. The quantitative estimate of drug-likeness (QED) is 0.679. The lowest BCUT2D eigenvalue weighted by molar-refractivity contribution is -0.328. The monoisotopic (exact) mass is 229 g/mol. The van der Waals surface area contributed by atoms with Crippen LogP contribution < -0.4 is 5.73 Å². The zero-order valence-corrected chi connectivity index (χ0v) is 9.06. The molecule has 0 saturated heterocycles. The maximum atomic E-state index is 11.6. The number of nitrogens with two attached hydrogens (primary N) is 1. The van der Waals surface area contributed by atoms with Crippen molar-refractivity contribution >= 4 is 0 Å². The van der Waals surface area contributed by atoms with Crippen molar-refractivity contribution < 1.29 is 22.6 Å². The Bertz CT molecular complexity index is 161. The van der Waals surface area contributed by atoms with E-state index >= 15 is 0 Å². The van der Waals surface area contributed by atoms with Crippen LogP contribution in [0.5, 0.6) is 0 Å². The van der Waals surface area contributed by atoms with E-state index in [-0.39, 0.29) is 6.61 Å². The topological polar surface area (TPSA) is 44.5 Å². The summed E-state index contributed by atoms with van der Waals surface area (Å²) in [4.78, 5) is 0. The van der Waals surface area contributed by atoms with Crippen LogP contribution in [0.2, 0.25) is 0 Å². The van der Waals surface area contributed by atoms with Crippen molar-refractivity contribution in [2.24, 2.45) is 5.73 Å². The van der Waals surface area contributed by atoms with Crippen molar-refractivity contribution in [3.8, 4) is 0 Å².